The lowest BCUT2D eigenvalue weighted by Gasteiger charge is -2.08. The quantitative estimate of drug-likeness (QED) is 0.854. The topological polar surface area (TPSA) is 38.1 Å². The molecular weight excluding hydrogens is 208 g/mol. The minimum absolute atomic E-state index is 0.627. The molecule has 1 N–H and O–H groups in total. The lowest BCUT2D eigenvalue weighted by atomic mass is 10.2. The van der Waals surface area contributed by atoms with E-state index in [1.54, 1.807) is 0 Å². The van der Waals surface area contributed by atoms with Gasteiger partial charge in [-0.3, -0.25) is 0 Å². The molecule has 1 aliphatic heterocycles. The van der Waals surface area contributed by atoms with Crippen LogP contribution in [0.25, 0.3) is 0 Å². The molecule has 0 radical (unpaired) electrons. The molecule has 0 aromatic carbocycles. The predicted molar refractivity (Wildman–Crippen MR) is 63.0 cm³/mol. The number of thioether (sulfide) groups is 1. The highest BCUT2D eigenvalue weighted by Gasteiger charge is 2.21. The molecule has 1 aliphatic rings. The zero-order valence-electron chi connectivity index (χ0n) is 9.32. The zero-order valence-corrected chi connectivity index (χ0v) is 10.1. The highest BCUT2D eigenvalue weighted by molar-refractivity contribution is 8.00. The van der Waals surface area contributed by atoms with E-state index in [0.29, 0.717) is 6.04 Å². The van der Waals surface area contributed by atoms with Crippen LogP contribution < -0.4 is 5.32 Å². The predicted octanol–water partition coefficient (Wildman–Crippen LogP) is 2.22. The Morgan fingerprint density at radius 1 is 1.67 bits per heavy atom. The van der Waals surface area contributed by atoms with Gasteiger partial charge in [0.15, 0.2) is 0 Å². The van der Waals surface area contributed by atoms with E-state index in [1.807, 2.05) is 18.0 Å². The van der Waals surface area contributed by atoms with Gasteiger partial charge in [0.25, 0.3) is 0 Å². The van der Waals surface area contributed by atoms with Crippen molar-refractivity contribution in [2.75, 3.05) is 5.75 Å². The summed E-state index contributed by atoms with van der Waals surface area (Å²) < 4.78 is 5.54. The van der Waals surface area contributed by atoms with Crippen molar-refractivity contribution in [2.24, 2.45) is 0 Å². The van der Waals surface area contributed by atoms with Gasteiger partial charge in [-0.1, -0.05) is 13.8 Å². The molecule has 0 amide bonds. The van der Waals surface area contributed by atoms with Crippen LogP contribution in [-0.4, -0.2) is 22.0 Å². The average Bonchev–Trinajstić information content (AvgIpc) is 2.83. The minimum Gasteiger partial charge on any atom is -0.444 e. The van der Waals surface area contributed by atoms with E-state index in [0.717, 1.165) is 29.9 Å². The number of hydrogen-bond donors (Lipinski definition) is 1. The molecule has 0 spiro atoms. The molecule has 84 valence electrons. The lowest BCUT2D eigenvalue weighted by molar-refractivity contribution is 0.420. The summed E-state index contributed by atoms with van der Waals surface area (Å²) in [5, 5.41) is 4.28. The fourth-order valence-electron chi connectivity index (χ4n) is 1.78. The smallest absolute Gasteiger partial charge is 0.208 e. The van der Waals surface area contributed by atoms with Gasteiger partial charge in [-0.05, 0) is 6.42 Å². The van der Waals surface area contributed by atoms with Crippen LogP contribution in [0.1, 0.15) is 31.9 Å². The number of aryl methyl sites for hydroxylation is 1. The number of rotatable bonds is 4. The van der Waals surface area contributed by atoms with E-state index in [-0.39, 0.29) is 0 Å². The van der Waals surface area contributed by atoms with Crippen molar-refractivity contribution < 1.29 is 4.42 Å². The monoisotopic (exact) mass is 226 g/mol. The van der Waals surface area contributed by atoms with Crippen molar-refractivity contribution in [3.05, 3.63) is 17.8 Å². The van der Waals surface area contributed by atoms with E-state index in [1.165, 1.54) is 12.2 Å². The third kappa shape index (κ3) is 2.98. The van der Waals surface area contributed by atoms with E-state index >= 15 is 0 Å². The molecule has 2 atom stereocenters. The van der Waals surface area contributed by atoms with Crippen LogP contribution in [0.5, 0.6) is 0 Å². The Hall–Kier alpha value is -0.480. The summed E-state index contributed by atoms with van der Waals surface area (Å²) in [6, 6.07) is 0.627. The number of hydrogen-bond acceptors (Lipinski definition) is 4. The standard InChI is InChI=1S/C11H18N2OS/c1-3-10-5-13-11(14-10)6-12-9-4-8(2)15-7-9/h5,8-9,12H,3-4,6-7H2,1-2H3. The molecule has 2 unspecified atom stereocenters. The number of nitrogens with one attached hydrogen (secondary N) is 1. The molecule has 15 heavy (non-hydrogen) atoms. The van der Waals surface area contributed by atoms with E-state index in [9.17, 15) is 0 Å². The van der Waals surface area contributed by atoms with Crippen LogP contribution >= 0.6 is 11.8 Å². The van der Waals surface area contributed by atoms with Crippen molar-refractivity contribution in [1.82, 2.24) is 10.3 Å². The Morgan fingerprint density at radius 2 is 2.53 bits per heavy atom. The molecule has 1 fully saturated rings. The Bertz CT molecular complexity index is 313. The molecule has 1 saturated heterocycles. The highest BCUT2D eigenvalue weighted by atomic mass is 32.2. The van der Waals surface area contributed by atoms with Crippen LogP contribution in [0.2, 0.25) is 0 Å². The van der Waals surface area contributed by atoms with Gasteiger partial charge in [0.1, 0.15) is 5.76 Å². The van der Waals surface area contributed by atoms with Gasteiger partial charge in [0.2, 0.25) is 5.89 Å². The van der Waals surface area contributed by atoms with Crippen LogP contribution in [0.15, 0.2) is 10.6 Å². The fraction of sp³-hybridized carbons (Fsp3) is 0.727. The van der Waals surface area contributed by atoms with Gasteiger partial charge < -0.3 is 9.73 Å². The van der Waals surface area contributed by atoms with Gasteiger partial charge in [-0.2, -0.15) is 11.8 Å². The summed E-state index contributed by atoms with van der Waals surface area (Å²) in [6.45, 7) is 5.12. The number of oxazole rings is 1. The SMILES string of the molecule is CCc1cnc(CNC2CSC(C)C2)o1. The maximum absolute atomic E-state index is 5.54. The van der Waals surface area contributed by atoms with E-state index in [4.69, 9.17) is 4.42 Å². The molecule has 4 heteroatoms. The first kappa shape index (κ1) is 11.0. The first-order valence-corrected chi connectivity index (χ1v) is 6.61. The molecule has 3 nitrogen and oxygen atoms in total. The molecule has 1 aromatic heterocycles. The first-order chi connectivity index (χ1) is 7.28. The van der Waals surface area contributed by atoms with Gasteiger partial charge >= 0.3 is 0 Å². The summed E-state index contributed by atoms with van der Waals surface area (Å²) in [5.41, 5.74) is 0. The Balaban J connectivity index is 1.77. The molecule has 2 heterocycles. The van der Waals surface area contributed by atoms with E-state index < -0.39 is 0 Å². The molecular formula is C11H18N2OS. The van der Waals surface area contributed by atoms with Gasteiger partial charge in [0, 0.05) is 23.5 Å². The maximum atomic E-state index is 5.54. The second kappa shape index (κ2) is 5.03. The summed E-state index contributed by atoms with van der Waals surface area (Å²) in [5.74, 6) is 3.00. The number of nitrogens with zero attached hydrogens (tertiary/aromatic N) is 1. The summed E-state index contributed by atoms with van der Waals surface area (Å²) in [4.78, 5) is 4.23. The van der Waals surface area contributed by atoms with Crippen LogP contribution in [0, 0.1) is 0 Å². The Morgan fingerprint density at radius 3 is 3.13 bits per heavy atom. The molecule has 0 aliphatic carbocycles. The molecule has 1 aromatic rings. The molecule has 0 saturated carbocycles. The first-order valence-electron chi connectivity index (χ1n) is 5.56. The van der Waals surface area contributed by atoms with Crippen molar-refractivity contribution in [3.63, 3.8) is 0 Å². The lowest BCUT2D eigenvalue weighted by Crippen LogP contribution is -2.28. The highest BCUT2D eigenvalue weighted by Crippen LogP contribution is 2.25. The Labute approximate surface area is 95.0 Å². The van der Waals surface area contributed by atoms with Crippen molar-refractivity contribution in [3.8, 4) is 0 Å². The van der Waals surface area contributed by atoms with Crippen molar-refractivity contribution in [1.29, 1.82) is 0 Å². The summed E-state index contributed by atoms with van der Waals surface area (Å²) in [7, 11) is 0. The van der Waals surface area contributed by atoms with Crippen LogP contribution in [0.4, 0.5) is 0 Å². The van der Waals surface area contributed by atoms with E-state index in [2.05, 4.69) is 24.1 Å². The largest absolute Gasteiger partial charge is 0.444 e. The van der Waals surface area contributed by atoms with Gasteiger partial charge in [-0.25, -0.2) is 4.98 Å². The van der Waals surface area contributed by atoms with Crippen LogP contribution in [0.3, 0.4) is 0 Å². The maximum Gasteiger partial charge on any atom is 0.208 e. The normalized spacial score (nSPS) is 26.0. The number of aromatic nitrogens is 1. The summed E-state index contributed by atoms with van der Waals surface area (Å²) >= 11 is 2.04. The third-order valence-electron chi connectivity index (χ3n) is 2.69. The molecule has 2 rings (SSSR count). The third-order valence-corrected chi connectivity index (χ3v) is 4.05. The zero-order chi connectivity index (χ0) is 10.7. The summed E-state index contributed by atoms with van der Waals surface area (Å²) in [6.07, 6.45) is 4.00. The minimum atomic E-state index is 0.627. The van der Waals surface area contributed by atoms with Gasteiger partial charge in [-0.15, -0.1) is 0 Å². The second-order valence-electron chi connectivity index (χ2n) is 4.03. The van der Waals surface area contributed by atoms with Gasteiger partial charge in [0.05, 0.1) is 12.7 Å². The average molecular weight is 226 g/mol. The molecule has 0 bridgehead atoms. The van der Waals surface area contributed by atoms with Crippen molar-refractivity contribution in [2.45, 2.75) is 44.5 Å². The second-order valence-corrected chi connectivity index (χ2v) is 5.50. The fourth-order valence-corrected chi connectivity index (χ4v) is 2.97. The van der Waals surface area contributed by atoms with Crippen LogP contribution in [-0.2, 0) is 13.0 Å². The Kier molecular flexibility index (Phi) is 3.70. The van der Waals surface area contributed by atoms with Crippen molar-refractivity contribution >= 4 is 11.8 Å².